The van der Waals surface area contributed by atoms with Gasteiger partial charge in [-0.15, -0.1) is 0 Å². The van der Waals surface area contributed by atoms with Crippen LogP contribution in [0.15, 0.2) is 42.5 Å². The number of esters is 1. The number of amides is 1. The zero-order valence-electron chi connectivity index (χ0n) is 14.8. The molecule has 2 aromatic rings. The number of benzene rings is 2. The van der Waals surface area contributed by atoms with Crippen LogP contribution in [0.4, 0.5) is 10.1 Å². The Labute approximate surface area is 152 Å². The van der Waals surface area contributed by atoms with Crippen molar-refractivity contribution in [2.75, 3.05) is 5.32 Å². The average Bonchev–Trinajstić information content (AvgIpc) is 2.63. The molecule has 0 bridgehead atoms. The smallest absolute Gasteiger partial charge is 0.311 e. The second-order valence-corrected chi connectivity index (χ2v) is 6.62. The predicted octanol–water partition coefficient (Wildman–Crippen LogP) is 3.82. The minimum absolute atomic E-state index is 0.140. The topological polar surface area (TPSA) is 55.4 Å². The number of anilines is 1. The van der Waals surface area contributed by atoms with E-state index in [2.05, 4.69) is 17.4 Å². The molecule has 0 spiro atoms. The first-order valence-corrected chi connectivity index (χ1v) is 8.88. The van der Waals surface area contributed by atoms with Crippen LogP contribution in [0.5, 0.6) is 0 Å². The number of aryl methyl sites for hydroxylation is 2. The lowest BCUT2D eigenvalue weighted by Gasteiger charge is -2.17. The zero-order valence-corrected chi connectivity index (χ0v) is 14.8. The van der Waals surface area contributed by atoms with Crippen molar-refractivity contribution in [3.63, 3.8) is 0 Å². The van der Waals surface area contributed by atoms with E-state index in [0.29, 0.717) is 5.69 Å². The fourth-order valence-corrected chi connectivity index (χ4v) is 3.13. The van der Waals surface area contributed by atoms with Gasteiger partial charge in [-0.3, -0.25) is 9.59 Å². The fourth-order valence-electron chi connectivity index (χ4n) is 3.13. The first-order valence-electron chi connectivity index (χ1n) is 8.88. The Hall–Kier alpha value is -2.69. The van der Waals surface area contributed by atoms with Crippen molar-refractivity contribution in [1.29, 1.82) is 0 Å². The number of hydrogen-bond donors (Lipinski definition) is 1. The molecule has 0 unspecified atom stereocenters. The Balaban J connectivity index is 1.53. The summed E-state index contributed by atoms with van der Waals surface area (Å²) in [5, 5.41) is 2.60. The van der Waals surface area contributed by atoms with Gasteiger partial charge in [-0.1, -0.05) is 18.2 Å². The highest BCUT2D eigenvalue weighted by Gasteiger charge is 2.19. The molecule has 2 aromatic carbocycles. The van der Waals surface area contributed by atoms with Crippen molar-refractivity contribution in [3.8, 4) is 0 Å². The molecule has 0 saturated heterocycles. The van der Waals surface area contributed by atoms with Crippen LogP contribution in [-0.2, 0) is 33.6 Å². The maximum Gasteiger partial charge on any atom is 0.311 e. The second kappa shape index (κ2) is 8.13. The Morgan fingerprint density at radius 2 is 1.77 bits per heavy atom. The predicted molar refractivity (Wildman–Crippen MR) is 97.4 cm³/mol. The summed E-state index contributed by atoms with van der Waals surface area (Å²) >= 11 is 0. The van der Waals surface area contributed by atoms with Crippen LogP contribution < -0.4 is 5.32 Å². The molecule has 3 rings (SSSR count). The molecule has 1 aliphatic carbocycles. The van der Waals surface area contributed by atoms with Crippen molar-refractivity contribution < 1.29 is 18.7 Å². The van der Waals surface area contributed by atoms with Crippen LogP contribution in [0, 0.1) is 5.82 Å². The number of nitrogens with one attached hydrogen (secondary N) is 1. The average molecular weight is 355 g/mol. The highest BCUT2D eigenvalue weighted by molar-refractivity contribution is 5.95. The number of carbonyl (C=O) groups excluding carboxylic acids is 2. The summed E-state index contributed by atoms with van der Waals surface area (Å²) in [6.07, 6.45) is 3.76. The van der Waals surface area contributed by atoms with E-state index in [1.807, 2.05) is 6.07 Å². The van der Waals surface area contributed by atoms with E-state index >= 15 is 0 Å². The maximum absolute atomic E-state index is 12.9. The van der Waals surface area contributed by atoms with Crippen molar-refractivity contribution in [3.05, 3.63) is 65.0 Å². The van der Waals surface area contributed by atoms with E-state index in [1.54, 1.807) is 0 Å². The summed E-state index contributed by atoms with van der Waals surface area (Å²) in [4.78, 5) is 24.2. The number of fused-ring (bicyclic) bond motifs is 1. The van der Waals surface area contributed by atoms with Crippen LogP contribution >= 0.6 is 0 Å². The number of rotatable bonds is 5. The van der Waals surface area contributed by atoms with E-state index in [0.717, 1.165) is 18.4 Å². The molecule has 0 heterocycles. The van der Waals surface area contributed by atoms with Crippen LogP contribution in [0.2, 0.25) is 0 Å². The Morgan fingerprint density at radius 3 is 2.50 bits per heavy atom. The molecule has 4 nitrogen and oxygen atoms in total. The van der Waals surface area contributed by atoms with Crippen molar-refractivity contribution in [2.24, 2.45) is 0 Å². The summed E-state index contributed by atoms with van der Waals surface area (Å²) in [7, 11) is 0. The highest BCUT2D eigenvalue weighted by Crippen LogP contribution is 2.22. The molecule has 0 aromatic heterocycles. The first kappa shape index (κ1) is 18.1. The van der Waals surface area contributed by atoms with Crippen molar-refractivity contribution in [1.82, 2.24) is 0 Å². The second-order valence-electron chi connectivity index (χ2n) is 6.62. The third-order valence-electron chi connectivity index (χ3n) is 4.55. The quantitative estimate of drug-likeness (QED) is 0.830. The lowest BCUT2D eigenvalue weighted by molar-refractivity contribution is -0.152. The molecule has 5 heteroatoms. The minimum Gasteiger partial charge on any atom is -0.452 e. The molecule has 0 aliphatic heterocycles. The number of carbonyl (C=O) groups is 2. The van der Waals surface area contributed by atoms with Gasteiger partial charge in [0.15, 0.2) is 6.10 Å². The van der Waals surface area contributed by atoms with Crippen molar-refractivity contribution >= 4 is 17.6 Å². The van der Waals surface area contributed by atoms with Gasteiger partial charge >= 0.3 is 5.97 Å². The molecule has 0 radical (unpaired) electrons. The standard InChI is InChI=1S/C21H22FNO3/c1-14(21(25)23-19-10-8-18(22)9-11-19)26-20(24)13-15-6-7-16-4-2-3-5-17(16)12-15/h6-12,14H,2-5,13H2,1H3,(H,23,25)/t14-/m0/s1. The van der Waals surface area contributed by atoms with Gasteiger partial charge in [0.1, 0.15) is 5.82 Å². The fraction of sp³-hybridized carbons (Fsp3) is 0.333. The van der Waals surface area contributed by atoms with Gasteiger partial charge in [0.2, 0.25) is 0 Å². The Kier molecular flexibility index (Phi) is 5.66. The third kappa shape index (κ3) is 4.69. The van der Waals surface area contributed by atoms with E-state index < -0.39 is 18.0 Å². The van der Waals surface area contributed by atoms with Crippen LogP contribution in [-0.4, -0.2) is 18.0 Å². The molecule has 1 N–H and O–H groups in total. The number of halogens is 1. The van der Waals surface area contributed by atoms with Gasteiger partial charge in [-0.05, 0) is 73.6 Å². The lowest BCUT2D eigenvalue weighted by Crippen LogP contribution is -2.30. The molecule has 136 valence electrons. The normalized spacial score (nSPS) is 14.2. The molecule has 26 heavy (non-hydrogen) atoms. The molecule has 1 atom stereocenters. The van der Waals surface area contributed by atoms with Gasteiger partial charge in [0, 0.05) is 5.69 Å². The summed E-state index contributed by atoms with van der Waals surface area (Å²) in [6, 6.07) is 11.5. The molecule has 0 fully saturated rings. The minimum atomic E-state index is -0.926. The van der Waals surface area contributed by atoms with Crippen LogP contribution in [0.3, 0.4) is 0 Å². The molecular weight excluding hydrogens is 333 g/mol. The van der Waals surface area contributed by atoms with Gasteiger partial charge in [0.05, 0.1) is 6.42 Å². The SMILES string of the molecule is C[C@H](OC(=O)Cc1ccc2c(c1)CCCC2)C(=O)Nc1ccc(F)cc1. The molecule has 1 amide bonds. The zero-order chi connectivity index (χ0) is 18.5. The van der Waals surface area contributed by atoms with Crippen LogP contribution in [0.1, 0.15) is 36.5 Å². The largest absolute Gasteiger partial charge is 0.452 e. The Bertz CT molecular complexity index is 801. The summed E-state index contributed by atoms with van der Waals surface area (Å²) in [6.45, 7) is 1.52. The number of ether oxygens (including phenoxy) is 1. The summed E-state index contributed by atoms with van der Waals surface area (Å²) in [5.41, 5.74) is 4.03. The van der Waals surface area contributed by atoms with E-state index in [1.165, 1.54) is 55.2 Å². The number of hydrogen-bond acceptors (Lipinski definition) is 3. The Morgan fingerprint density at radius 1 is 1.08 bits per heavy atom. The van der Waals surface area contributed by atoms with Crippen LogP contribution in [0.25, 0.3) is 0 Å². The van der Waals surface area contributed by atoms with Gasteiger partial charge in [0.25, 0.3) is 5.91 Å². The van der Waals surface area contributed by atoms with E-state index in [-0.39, 0.29) is 12.2 Å². The lowest BCUT2D eigenvalue weighted by atomic mass is 9.90. The molecular formula is C21H22FNO3. The third-order valence-corrected chi connectivity index (χ3v) is 4.55. The van der Waals surface area contributed by atoms with E-state index in [4.69, 9.17) is 4.74 Å². The summed E-state index contributed by atoms with van der Waals surface area (Å²) in [5.74, 6) is -1.27. The molecule has 0 saturated carbocycles. The van der Waals surface area contributed by atoms with Crippen molar-refractivity contribution in [2.45, 2.75) is 45.1 Å². The van der Waals surface area contributed by atoms with Gasteiger partial charge < -0.3 is 10.1 Å². The summed E-state index contributed by atoms with van der Waals surface area (Å²) < 4.78 is 18.1. The van der Waals surface area contributed by atoms with E-state index in [9.17, 15) is 14.0 Å². The van der Waals surface area contributed by atoms with Gasteiger partial charge in [-0.2, -0.15) is 0 Å². The highest BCUT2D eigenvalue weighted by atomic mass is 19.1. The first-order chi connectivity index (χ1) is 12.5. The monoisotopic (exact) mass is 355 g/mol. The van der Waals surface area contributed by atoms with Gasteiger partial charge in [-0.25, -0.2) is 4.39 Å². The molecule has 1 aliphatic rings. The maximum atomic E-state index is 12.9.